The average molecular weight is 431 g/mol. The molecule has 3 atom stereocenters. The molecule has 1 saturated heterocycles. The summed E-state index contributed by atoms with van der Waals surface area (Å²) in [6.45, 7) is 1.28. The topological polar surface area (TPSA) is 96.2 Å². The molecular formula is C26H30N4O2. The van der Waals surface area contributed by atoms with E-state index in [0.29, 0.717) is 31.7 Å². The third-order valence-electron chi connectivity index (χ3n) is 6.09. The molecule has 0 aromatic heterocycles. The van der Waals surface area contributed by atoms with Crippen molar-refractivity contribution in [2.24, 2.45) is 11.7 Å². The summed E-state index contributed by atoms with van der Waals surface area (Å²) < 4.78 is 0. The Kier molecular flexibility index (Phi) is 7.14. The maximum Gasteiger partial charge on any atom is 0.246 e. The van der Waals surface area contributed by atoms with Crippen LogP contribution in [0, 0.1) is 5.92 Å². The Balaban J connectivity index is 1.46. The number of aryl methyl sites for hydroxylation is 1. The summed E-state index contributed by atoms with van der Waals surface area (Å²) in [6.07, 6.45) is 1.91. The summed E-state index contributed by atoms with van der Waals surface area (Å²) in [5.41, 5.74) is 7.60. The molecule has 1 aliphatic rings. The van der Waals surface area contributed by atoms with Crippen LogP contribution in [0.25, 0.3) is 10.8 Å². The minimum atomic E-state index is -0.632. The Morgan fingerprint density at radius 3 is 2.50 bits per heavy atom. The van der Waals surface area contributed by atoms with Crippen molar-refractivity contribution < 1.29 is 9.59 Å². The molecule has 0 aliphatic carbocycles. The number of nitrogens with one attached hydrogen (secondary N) is 3. The number of hydrogen-bond acceptors (Lipinski definition) is 4. The number of rotatable bonds is 8. The molecule has 1 aliphatic heterocycles. The number of amides is 2. The van der Waals surface area contributed by atoms with Crippen molar-refractivity contribution in [1.82, 2.24) is 10.6 Å². The predicted molar refractivity (Wildman–Crippen MR) is 128 cm³/mol. The zero-order valence-electron chi connectivity index (χ0n) is 18.1. The lowest BCUT2D eigenvalue weighted by molar-refractivity contribution is -0.127. The first-order valence-electron chi connectivity index (χ1n) is 11.2. The lowest BCUT2D eigenvalue weighted by Gasteiger charge is -2.21. The van der Waals surface area contributed by atoms with Crippen molar-refractivity contribution in [2.45, 2.75) is 31.3 Å². The van der Waals surface area contributed by atoms with E-state index in [1.54, 1.807) is 0 Å². The van der Waals surface area contributed by atoms with Gasteiger partial charge in [-0.15, -0.1) is 0 Å². The quantitative estimate of drug-likeness (QED) is 0.442. The normalized spacial score (nSPS) is 18.9. The third kappa shape index (κ3) is 5.52. The van der Waals surface area contributed by atoms with Crippen LogP contribution in [-0.2, 0) is 16.0 Å². The van der Waals surface area contributed by atoms with E-state index >= 15 is 0 Å². The highest BCUT2D eigenvalue weighted by Crippen LogP contribution is 2.20. The number of carbonyl (C=O) groups is 2. The molecule has 0 saturated carbocycles. The second-order valence-corrected chi connectivity index (χ2v) is 8.43. The lowest BCUT2D eigenvalue weighted by atomic mass is 10.0. The molecule has 3 aromatic rings. The molecule has 1 heterocycles. The van der Waals surface area contributed by atoms with Gasteiger partial charge in [-0.25, -0.2) is 0 Å². The van der Waals surface area contributed by atoms with Crippen molar-refractivity contribution in [3.8, 4) is 0 Å². The largest absolute Gasteiger partial charge is 0.343 e. The SMILES string of the molecule is NC[C@@H]1CN[C@@H](C(=O)N[C@H](CCc2ccccc2)C(=O)Nc2ccc3ccccc3c2)C1. The zero-order chi connectivity index (χ0) is 22.3. The second kappa shape index (κ2) is 10.4. The fraction of sp³-hybridized carbons (Fsp3) is 0.308. The van der Waals surface area contributed by atoms with Gasteiger partial charge in [0.15, 0.2) is 0 Å². The maximum atomic E-state index is 13.2. The maximum absolute atomic E-state index is 13.2. The summed E-state index contributed by atoms with van der Waals surface area (Å²) in [5, 5.41) is 11.4. The van der Waals surface area contributed by atoms with Crippen LogP contribution in [-0.4, -0.2) is 37.0 Å². The molecule has 0 spiro atoms. The highest BCUT2D eigenvalue weighted by Gasteiger charge is 2.31. The molecule has 0 radical (unpaired) electrons. The summed E-state index contributed by atoms with van der Waals surface area (Å²) in [7, 11) is 0. The van der Waals surface area contributed by atoms with Crippen molar-refractivity contribution in [1.29, 1.82) is 0 Å². The van der Waals surface area contributed by atoms with Gasteiger partial charge in [0, 0.05) is 5.69 Å². The number of carbonyl (C=O) groups excluding carboxylic acids is 2. The van der Waals surface area contributed by atoms with Gasteiger partial charge in [0.2, 0.25) is 11.8 Å². The van der Waals surface area contributed by atoms with Gasteiger partial charge in [0.25, 0.3) is 0 Å². The Bertz CT molecular complexity index is 1070. The molecule has 1 fully saturated rings. The number of nitrogens with two attached hydrogens (primary N) is 1. The highest BCUT2D eigenvalue weighted by molar-refractivity contribution is 5.99. The molecule has 166 valence electrons. The van der Waals surface area contributed by atoms with Crippen molar-refractivity contribution in [2.75, 3.05) is 18.4 Å². The van der Waals surface area contributed by atoms with Gasteiger partial charge in [-0.3, -0.25) is 9.59 Å². The Morgan fingerprint density at radius 2 is 1.75 bits per heavy atom. The van der Waals surface area contributed by atoms with Crippen LogP contribution < -0.4 is 21.7 Å². The standard InChI is InChI=1S/C26H30N4O2/c27-16-19-14-24(28-17-19)26(32)30-23(13-10-18-6-2-1-3-7-18)25(31)29-22-12-11-20-8-4-5-9-21(20)15-22/h1-9,11-12,15,19,23-24,28H,10,13-14,16-17,27H2,(H,29,31)(H,30,32)/t19-,23-,24-/m1/s1. The van der Waals surface area contributed by atoms with Crippen LogP contribution in [0.5, 0.6) is 0 Å². The number of fused-ring (bicyclic) bond motifs is 1. The van der Waals surface area contributed by atoms with Crippen molar-refractivity contribution in [3.05, 3.63) is 78.4 Å². The molecule has 2 amide bonds. The number of benzene rings is 3. The van der Waals surface area contributed by atoms with E-state index in [1.165, 1.54) is 0 Å². The lowest BCUT2D eigenvalue weighted by Crippen LogP contribution is -2.50. The molecule has 5 N–H and O–H groups in total. The monoisotopic (exact) mass is 430 g/mol. The van der Waals surface area contributed by atoms with Crippen LogP contribution in [0.2, 0.25) is 0 Å². The van der Waals surface area contributed by atoms with Gasteiger partial charge in [-0.1, -0.05) is 60.7 Å². The number of hydrogen-bond donors (Lipinski definition) is 4. The van der Waals surface area contributed by atoms with Gasteiger partial charge in [0.05, 0.1) is 6.04 Å². The summed E-state index contributed by atoms with van der Waals surface area (Å²) >= 11 is 0. The molecule has 4 rings (SSSR count). The van der Waals surface area contributed by atoms with E-state index in [1.807, 2.05) is 72.8 Å². The van der Waals surface area contributed by atoms with Gasteiger partial charge in [0.1, 0.15) is 6.04 Å². The third-order valence-corrected chi connectivity index (χ3v) is 6.09. The summed E-state index contributed by atoms with van der Waals surface area (Å²) in [4.78, 5) is 26.0. The van der Waals surface area contributed by atoms with E-state index in [-0.39, 0.29) is 17.9 Å². The van der Waals surface area contributed by atoms with Gasteiger partial charge < -0.3 is 21.7 Å². The van der Waals surface area contributed by atoms with Crippen LogP contribution in [0.1, 0.15) is 18.4 Å². The Labute approximate surface area is 188 Å². The van der Waals surface area contributed by atoms with E-state index in [0.717, 1.165) is 28.6 Å². The first kappa shape index (κ1) is 22.0. The summed E-state index contributed by atoms with van der Waals surface area (Å²) in [6, 6.07) is 22.9. The minimum absolute atomic E-state index is 0.146. The molecule has 6 heteroatoms. The Morgan fingerprint density at radius 1 is 1.00 bits per heavy atom. The smallest absolute Gasteiger partial charge is 0.246 e. The van der Waals surface area contributed by atoms with Crippen LogP contribution in [0.4, 0.5) is 5.69 Å². The van der Waals surface area contributed by atoms with Gasteiger partial charge >= 0.3 is 0 Å². The van der Waals surface area contributed by atoms with Gasteiger partial charge in [-0.2, -0.15) is 0 Å². The Hall–Kier alpha value is -3.22. The molecule has 0 unspecified atom stereocenters. The van der Waals surface area contributed by atoms with Crippen LogP contribution in [0.15, 0.2) is 72.8 Å². The minimum Gasteiger partial charge on any atom is -0.343 e. The molecule has 6 nitrogen and oxygen atoms in total. The molecule has 32 heavy (non-hydrogen) atoms. The fourth-order valence-corrected chi connectivity index (χ4v) is 4.18. The average Bonchev–Trinajstić information content (AvgIpc) is 3.32. The first-order valence-corrected chi connectivity index (χ1v) is 11.2. The summed E-state index contributed by atoms with van der Waals surface area (Å²) in [5.74, 6) is -0.0643. The first-order chi connectivity index (χ1) is 15.6. The predicted octanol–water partition coefficient (Wildman–Crippen LogP) is 2.83. The van der Waals surface area contributed by atoms with E-state index < -0.39 is 6.04 Å². The van der Waals surface area contributed by atoms with E-state index in [9.17, 15) is 9.59 Å². The fourth-order valence-electron chi connectivity index (χ4n) is 4.18. The van der Waals surface area contributed by atoms with Crippen LogP contribution >= 0.6 is 0 Å². The molecule has 3 aromatic carbocycles. The van der Waals surface area contributed by atoms with Crippen molar-refractivity contribution >= 4 is 28.3 Å². The second-order valence-electron chi connectivity index (χ2n) is 8.43. The zero-order valence-corrected chi connectivity index (χ0v) is 18.1. The van der Waals surface area contributed by atoms with E-state index in [4.69, 9.17) is 5.73 Å². The van der Waals surface area contributed by atoms with E-state index in [2.05, 4.69) is 16.0 Å². The van der Waals surface area contributed by atoms with Crippen LogP contribution in [0.3, 0.4) is 0 Å². The van der Waals surface area contributed by atoms with Gasteiger partial charge in [-0.05, 0) is 66.7 Å². The molecule has 0 bridgehead atoms. The molecular weight excluding hydrogens is 400 g/mol. The van der Waals surface area contributed by atoms with Crippen molar-refractivity contribution in [3.63, 3.8) is 0 Å². The highest BCUT2D eigenvalue weighted by atomic mass is 16.2. The number of anilines is 1.